The van der Waals surface area contributed by atoms with Gasteiger partial charge in [-0.25, -0.2) is 4.98 Å². The zero-order chi connectivity index (χ0) is 21.8. The van der Waals surface area contributed by atoms with Crippen LogP contribution in [-0.4, -0.2) is 55.5 Å². The highest BCUT2D eigenvalue weighted by atomic mass is 16.5. The number of rotatable bonds is 5. The van der Waals surface area contributed by atoms with Crippen molar-refractivity contribution in [3.63, 3.8) is 0 Å². The van der Waals surface area contributed by atoms with Crippen LogP contribution in [0, 0.1) is 5.92 Å². The van der Waals surface area contributed by atoms with Crippen molar-refractivity contribution in [1.29, 1.82) is 0 Å². The second kappa shape index (κ2) is 6.83. The van der Waals surface area contributed by atoms with E-state index in [-0.39, 0.29) is 24.3 Å². The summed E-state index contributed by atoms with van der Waals surface area (Å²) in [6.07, 6.45) is 1.98. The van der Waals surface area contributed by atoms with Crippen LogP contribution in [0.25, 0.3) is 11.2 Å². The van der Waals surface area contributed by atoms with Crippen LogP contribution in [0.4, 0.5) is 11.8 Å². The minimum Gasteiger partial charge on any atom is -0.468 e. The summed E-state index contributed by atoms with van der Waals surface area (Å²) in [5.41, 5.74) is 12.4. The molecule has 31 heavy (non-hydrogen) atoms. The largest absolute Gasteiger partial charge is 0.468 e. The number of nitrogens with one attached hydrogen (secondary N) is 2. The summed E-state index contributed by atoms with van der Waals surface area (Å²) >= 11 is 0. The maximum Gasteiger partial charge on any atom is 0.238 e. The van der Waals surface area contributed by atoms with Gasteiger partial charge in [0.2, 0.25) is 17.8 Å². The Labute approximate surface area is 177 Å². The van der Waals surface area contributed by atoms with Crippen molar-refractivity contribution in [2.75, 3.05) is 24.1 Å². The van der Waals surface area contributed by atoms with E-state index in [1.165, 1.54) is 6.33 Å². The molecule has 2 aromatic heterocycles. The highest BCUT2D eigenvalue weighted by Crippen LogP contribution is 2.49. The lowest BCUT2D eigenvalue weighted by Gasteiger charge is -2.52. The van der Waals surface area contributed by atoms with Gasteiger partial charge in [0.1, 0.15) is 17.2 Å². The van der Waals surface area contributed by atoms with Gasteiger partial charge in [-0.2, -0.15) is 9.97 Å². The first-order valence-corrected chi connectivity index (χ1v) is 9.96. The smallest absolute Gasteiger partial charge is 0.238 e. The van der Waals surface area contributed by atoms with E-state index in [0.717, 1.165) is 5.56 Å². The number of nitrogen functional groups attached to an aromatic ring is 1. The summed E-state index contributed by atoms with van der Waals surface area (Å²) in [4.78, 5) is 42.5. The normalized spacial score (nSPS) is 24.5. The number of aromatic amines is 1. The summed E-state index contributed by atoms with van der Waals surface area (Å²) in [5.74, 6) is -0.977. The lowest BCUT2D eigenvalue weighted by atomic mass is 9.73. The Kier molecular flexibility index (Phi) is 4.20. The zero-order valence-electron chi connectivity index (χ0n) is 16.8. The van der Waals surface area contributed by atoms with E-state index in [0.29, 0.717) is 35.7 Å². The Morgan fingerprint density at radius 2 is 2.19 bits per heavy atom. The van der Waals surface area contributed by atoms with Gasteiger partial charge in [0.05, 0.1) is 6.33 Å². The van der Waals surface area contributed by atoms with E-state index in [1.807, 2.05) is 31.2 Å². The van der Waals surface area contributed by atoms with Crippen molar-refractivity contribution in [2.45, 2.75) is 25.0 Å². The summed E-state index contributed by atoms with van der Waals surface area (Å²) in [6.45, 7) is 2.47. The van der Waals surface area contributed by atoms with Gasteiger partial charge in [-0.05, 0) is 18.6 Å². The van der Waals surface area contributed by atoms with Gasteiger partial charge >= 0.3 is 0 Å². The first kappa shape index (κ1) is 19.1. The Hall–Kier alpha value is -3.89. The molecular formula is C20H22N8O3. The third-order valence-corrected chi connectivity index (χ3v) is 5.99. The molecule has 2 aliphatic heterocycles. The molecule has 6 N–H and O–H groups in total. The van der Waals surface area contributed by atoms with Crippen molar-refractivity contribution < 1.29 is 14.3 Å². The van der Waals surface area contributed by atoms with Crippen LogP contribution in [0.5, 0.6) is 5.75 Å². The molecule has 3 unspecified atom stereocenters. The molecule has 1 aromatic carbocycles. The number of aromatic nitrogens is 4. The molecule has 2 aliphatic rings. The molecule has 3 atom stereocenters. The highest BCUT2D eigenvalue weighted by Gasteiger charge is 2.55. The van der Waals surface area contributed by atoms with Crippen molar-refractivity contribution >= 4 is 34.7 Å². The molecule has 0 radical (unpaired) electrons. The number of anilines is 2. The topological polar surface area (TPSA) is 165 Å². The van der Waals surface area contributed by atoms with Gasteiger partial charge in [-0.15, -0.1) is 0 Å². The third-order valence-electron chi connectivity index (χ3n) is 5.99. The number of hydrogen-bond acceptors (Lipinski definition) is 8. The molecule has 3 aromatic rings. The molecule has 0 spiro atoms. The maximum atomic E-state index is 13.3. The summed E-state index contributed by atoms with van der Waals surface area (Å²) < 4.78 is 6.24. The Morgan fingerprint density at radius 1 is 1.39 bits per heavy atom. The Balaban J connectivity index is 1.42. The van der Waals surface area contributed by atoms with Crippen LogP contribution in [0.2, 0.25) is 0 Å². The van der Waals surface area contributed by atoms with Crippen LogP contribution in [0.15, 0.2) is 30.6 Å². The molecule has 2 amide bonds. The van der Waals surface area contributed by atoms with E-state index >= 15 is 0 Å². The van der Waals surface area contributed by atoms with Gasteiger partial charge in [0, 0.05) is 25.4 Å². The quantitative estimate of drug-likeness (QED) is 0.433. The van der Waals surface area contributed by atoms with Crippen LogP contribution in [0.3, 0.4) is 0 Å². The molecule has 2 bridgehead atoms. The van der Waals surface area contributed by atoms with Crippen LogP contribution in [0.1, 0.15) is 24.8 Å². The van der Waals surface area contributed by atoms with E-state index in [4.69, 9.17) is 16.2 Å². The second-order valence-corrected chi connectivity index (χ2v) is 7.95. The number of likely N-dealkylation sites (tertiary alicyclic amines) is 1. The SMILES string of the molecule is CC12CC(c3ccccc3O1)C(C(N)=O)C(=O)N2CCNc1nc(N)nc2nc[nH]c12. The number of hydrogen-bond donors (Lipinski definition) is 4. The summed E-state index contributed by atoms with van der Waals surface area (Å²) in [7, 11) is 0. The molecular weight excluding hydrogens is 400 g/mol. The first-order valence-electron chi connectivity index (χ1n) is 9.96. The van der Waals surface area contributed by atoms with Crippen molar-refractivity contribution in [2.24, 2.45) is 11.7 Å². The number of para-hydroxylation sites is 1. The number of carbonyl (C=O) groups is 2. The third kappa shape index (κ3) is 3.00. The van der Waals surface area contributed by atoms with Crippen LogP contribution >= 0.6 is 0 Å². The minimum atomic E-state index is -0.938. The fourth-order valence-electron chi connectivity index (χ4n) is 4.64. The van der Waals surface area contributed by atoms with Gasteiger partial charge in [0.25, 0.3) is 0 Å². The van der Waals surface area contributed by atoms with Crippen molar-refractivity contribution in [1.82, 2.24) is 24.8 Å². The second-order valence-electron chi connectivity index (χ2n) is 7.95. The average Bonchev–Trinajstić information content (AvgIpc) is 3.18. The number of nitrogens with zero attached hydrogens (tertiary/aromatic N) is 4. The first-order chi connectivity index (χ1) is 14.9. The Morgan fingerprint density at radius 3 is 3.00 bits per heavy atom. The van der Waals surface area contributed by atoms with Gasteiger partial charge in [-0.3, -0.25) is 9.59 Å². The summed E-state index contributed by atoms with van der Waals surface area (Å²) in [6, 6.07) is 7.47. The molecule has 11 nitrogen and oxygen atoms in total. The van der Waals surface area contributed by atoms with Gasteiger partial charge in [-0.1, -0.05) is 18.2 Å². The van der Waals surface area contributed by atoms with Crippen LogP contribution in [-0.2, 0) is 9.59 Å². The van der Waals surface area contributed by atoms with Gasteiger partial charge < -0.3 is 31.4 Å². The number of carbonyl (C=O) groups excluding carboxylic acids is 2. The maximum absolute atomic E-state index is 13.3. The van der Waals surface area contributed by atoms with E-state index < -0.39 is 17.6 Å². The van der Waals surface area contributed by atoms with Crippen molar-refractivity contribution in [3.05, 3.63) is 36.2 Å². The monoisotopic (exact) mass is 422 g/mol. The zero-order valence-corrected chi connectivity index (χ0v) is 16.8. The van der Waals surface area contributed by atoms with E-state index in [9.17, 15) is 9.59 Å². The lowest BCUT2D eigenvalue weighted by molar-refractivity contribution is -0.174. The molecule has 0 saturated carbocycles. The number of amides is 2. The molecule has 11 heteroatoms. The number of ether oxygens (including phenoxy) is 1. The number of piperidine rings is 1. The molecule has 160 valence electrons. The predicted octanol–water partition coefficient (Wildman–Crippen LogP) is 0.573. The predicted molar refractivity (Wildman–Crippen MR) is 112 cm³/mol. The number of nitrogens with two attached hydrogens (primary N) is 2. The molecule has 0 aliphatic carbocycles. The van der Waals surface area contributed by atoms with Crippen molar-refractivity contribution in [3.8, 4) is 5.75 Å². The van der Waals surface area contributed by atoms with Crippen LogP contribution < -0.4 is 21.5 Å². The average molecular weight is 422 g/mol. The fraction of sp³-hybridized carbons (Fsp3) is 0.350. The highest BCUT2D eigenvalue weighted by molar-refractivity contribution is 6.01. The summed E-state index contributed by atoms with van der Waals surface area (Å²) in [5, 5.41) is 3.17. The lowest BCUT2D eigenvalue weighted by Crippen LogP contribution is -2.65. The van der Waals surface area contributed by atoms with E-state index in [2.05, 4.69) is 25.3 Å². The number of primary amides is 1. The Bertz CT molecular complexity index is 1190. The molecule has 1 fully saturated rings. The molecule has 1 saturated heterocycles. The number of benzene rings is 1. The number of H-pyrrole nitrogens is 1. The van der Waals surface area contributed by atoms with Gasteiger partial charge in [0.15, 0.2) is 17.2 Å². The fourth-order valence-corrected chi connectivity index (χ4v) is 4.64. The number of fused-ring (bicyclic) bond motifs is 5. The van der Waals surface area contributed by atoms with E-state index in [1.54, 1.807) is 4.90 Å². The number of imidazole rings is 1. The standard InChI is InChI=1S/C20H22N8O3/c1-20-8-11(10-4-2-3-5-12(10)31-20)13(15(21)29)18(30)28(20)7-6-23-16-14-17(25-9-24-14)27-19(22)26-16/h2-5,9,11,13H,6-8H2,1H3,(H2,21,29)(H4,22,23,24,25,26,27). The molecule has 4 heterocycles. The minimum absolute atomic E-state index is 0.0898. The molecule has 5 rings (SSSR count).